The summed E-state index contributed by atoms with van der Waals surface area (Å²) in [6.07, 6.45) is 0. The first-order valence-corrected chi connectivity index (χ1v) is 10.9. The van der Waals surface area contributed by atoms with Gasteiger partial charge in [-0.1, -0.05) is 35.3 Å². The monoisotopic (exact) mass is 456 g/mol. The van der Waals surface area contributed by atoms with Crippen LogP contribution >= 0.6 is 23.2 Å². The van der Waals surface area contributed by atoms with E-state index in [1.807, 2.05) is 54.3 Å². The molecule has 0 unspecified atom stereocenters. The maximum atomic E-state index is 13.0. The van der Waals surface area contributed by atoms with Gasteiger partial charge in [-0.2, -0.15) is 0 Å². The third kappa shape index (κ3) is 4.75. The van der Waals surface area contributed by atoms with Crippen LogP contribution in [0.25, 0.3) is 11.3 Å². The van der Waals surface area contributed by atoms with Crippen molar-refractivity contribution in [1.29, 1.82) is 0 Å². The molecule has 160 valence electrons. The van der Waals surface area contributed by atoms with Crippen LogP contribution in [0.2, 0.25) is 10.0 Å². The van der Waals surface area contributed by atoms with Crippen molar-refractivity contribution in [2.24, 2.45) is 0 Å². The molecule has 0 radical (unpaired) electrons. The zero-order valence-electron chi connectivity index (χ0n) is 17.1. The highest BCUT2D eigenvalue weighted by Gasteiger charge is 2.25. The van der Waals surface area contributed by atoms with Crippen LogP contribution in [0, 0.1) is 0 Å². The van der Waals surface area contributed by atoms with Gasteiger partial charge in [-0.05, 0) is 49.4 Å². The van der Waals surface area contributed by atoms with E-state index in [9.17, 15) is 4.79 Å². The maximum absolute atomic E-state index is 13.0. The Balaban J connectivity index is 1.41. The van der Waals surface area contributed by atoms with Crippen LogP contribution in [0.1, 0.15) is 17.3 Å². The van der Waals surface area contributed by atoms with E-state index in [0.29, 0.717) is 59.8 Å². The van der Waals surface area contributed by atoms with E-state index < -0.39 is 0 Å². The van der Waals surface area contributed by atoms with E-state index in [0.717, 1.165) is 11.4 Å². The summed E-state index contributed by atoms with van der Waals surface area (Å²) >= 11 is 12.2. The van der Waals surface area contributed by atoms with Crippen molar-refractivity contribution in [3.8, 4) is 17.0 Å². The Kier molecular flexibility index (Phi) is 6.59. The summed E-state index contributed by atoms with van der Waals surface area (Å²) < 4.78 is 5.61. The predicted octanol–water partition coefficient (Wildman–Crippen LogP) is 4.81. The number of carbonyl (C=O) groups is 1. The Morgan fingerprint density at radius 2 is 1.77 bits per heavy atom. The van der Waals surface area contributed by atoms with Gasteiger partial charge < -0.3 is 14.5 Å². The van der Waals surface area contributed by atoms with E-state index in [-0.39, 0.29) is 5.91 Å². The van der Waals surface area contributed by atoms with Gasteiger partial charge in [0, 0.05) is 36.8 Å². The summed E-state index contributed by atoms with van der Waals surface area (Å²) in [5.41, 5.74) is 2.07. The smallest absolute Gasteiger partial charge is 0.257 e. The number of para-hydroxylation sites is 1. The lowest BCUT2D eigenvalue weighted by atomic mass is 10.1. The van der Waals surface area contributed by atoms with Gasteiger partial charge in [0.25, 0.3) is 5.91 Å². The third-order valence-corrected chi connectivity index (χ3v) is 5.71. The molecule has 0 N–H and O–H groups in total. The number of amides is 1. The summed E-state index contributed by atoms with van der Waals surface area (Å²) in [5, 5.41) is 9.82. The van der Waals surface area contributed by atoms with Crippen LogP contribution in [-0.2, 0) is 0 Å². The van der Waals surface area contributed by atoms with Crippen molar-refractivity contribution < 1.29 is 9.53 Å². The largest absolute Gasteiger partial charge is 0.493 e. The number of nitrogens with zero attached hydrogens (tertiary/aromatic N) is 4. The molecule has 2 heterocycles. The normalized spacial score (nSPS) is 13.9. The second-order valence-corrected chi connectivity index (χ2v) is 7.95. The lowest BCUT2D eigenvalue weighted by Crippen LogP contribution is -2.49. The number of ether oxygens (including phenoxy) is 1. The number of piperazine rings is 1. The fourth-order valence-electron chi connectivity index (χ4n) is 3.57. The second kappa shape index (κ2) is 9.54. The predicted molar refractivity (Wildman–Crippen MR) is 123 cm³/mol. The van der Waals surface area contributed by atoms with Crippen molar-refractivity contribution in [2.45, 2.75) is 6.92 Å². The van der Waals surface area contributed by atoms with E-state index in [2.05, 4.69) is 15.1 Å². The molecule has 1 saturated heterocycles. The highest BCUT2D eigenvalue weighted by Crippen LogP contribution is 2.29. The summed E-state index contributed by atoms with van der Waals surface area (Å²) in [6, 6.07) is 16.5. The second-order valence-electron chi connectivity index (χ2n) is 7.11. The summed E-state index contributed by atoms with van der Waals surface area (Å²) in [4.78, 5) is 16.9. The van der Waals surface area contributed by atoms with E-state index >= 15 is 0 Å². The number of anilines is 1. The lowest BCUT2D eigenvalue weighted by molar-refractivity contribution is 0.0742. The zero-order valence-corrected chi connectivity index (χ0v) is 18.6. The van der Waals surface area contributed by atoms with E-state index in [1.54, 1.807) is 12.1 Å². The molecular formula is C23H22Cl2N4O2. The number of hydrogen-bond acceptors (Lipinski definition) is 5. The minimum absolute atomic E-state index is 0.0116. The minimum atomic E-state index is -0.0116. The van der Waals surface area contributed by atoms with Gasteiger partial charge >= 0.3 is 0 Å². The van der Waals surface area contributed by atoms with Gasteiger partial charge in [0.2, 0.25) is 0 Å². The summed E-state index contributed by atoms with van der Waals surface area (Å²) in [5.74, 6) is 1.39. The fraction of sp³-hybridized carbons (Fsp3) is 0.261. The molecule has 1 aliphatic rings. The van der Waals surface area contributed by atoms with Crippen LogP contribution < -0.4 is 9.64 Å². The van der Waals surface area contributed by atoms with Crippen molar-refractivity contribution in [1.82, 2.24) is 15.1 Å². The molecule has 1 aromatic heterocycles. The molecule has 1 aliphatic heterocycles. The van der Waals surface area contributed by atoms with Crippen molar-refractivity contribution in [2.75, 3.05) is 37.7 Å². The van der Waals surface area contributed by atoms with Gasteiger partial charge in [0.1, 0.15) is 5.75 Å². The first-order valence-electron chi connectivity index (χ1n) is 10.1. The lowest BCUT2D eigenvalue weighted by Gasteiger charge is -2.35. The molecule has 2 aromatic carbocycles. The van der Waals surface area contributed by atoms with Crippen LogP contribution in [0.4, 0.5) is 5.82 Å². The molecule has 6 nitrogen and oxygen atoms in total. The van der Waals surface area contributed by atoms with Crippen LogP contribution in [0.5, 0.6) is 5.75 Å². The standard InChI is InChI=1S/C23H22Cl2N4O2/c1-2-31-21-6-4-3-5-18(21)23(30)29-13-11-28(12-14-29)22-10-9-20(26-27-22)17-8-7-16(24)15-19(17)25/h3-10,15H,2,11-14H2,1H3. The molecule has 1 fully saturated rings. The topological polar surface area (TPSA) is 58.6 Å². The van der Waals surface area contributed by atoms with E-state index in [1.165, 1.54) is 0 Å². The zero-order chi connectivity index (χ0) is 21.8. The average molecular weight is 457 g/mol. The number of benzene rings is 2. The highest BCUT2D eigenvalue weighted by molar-refractivity contribution is 6.36. The minimum Gasteiger partial charge on any atom is -0.493 e. The molecule has 0 bridgehead atoms. The van der Waals surface area contributed by atoms with Gasteiger partial charge in [-0.15, -0.1) is 10.2 Å². The Morgan fingerprint density at radius 1 is 1.00 bits per heavy atom. The first-order chi connectivity index (χ1) is 15.1. The number of carbonyl (C=O) groups excluding carboxylic acids is 1. The quantitative estimate of drug-likeness (QED) is 0.551. The number of rotatable bonds is 5. The van der Waals surface area contributed by atoms with Gasteiger partial charge in [-0.3, -0.25) is 4.79 Å². The Morgan fingerprint density at radius 3 is 2.45 bits per heavy atom. The van der Waals surface area contributed by atoms with Crippen molar-refractivity contribution in [3.63, 3.8) is 0 Å². The molecule has 4 rings (SSSR count). The van der Waals surface area contributed by atoms with Gasteiger partial charge in [0.05, 0.1) is 22.9 Å². The Labute approximate surface area is 191 Å². The fourth-order valence-corrected chi connectivity index (χ4v) is 4.07. The van der Waals surface area contributed by atoms with Crippen LogP contribution in [0.3, 0.4) is 0 Å². The van der Waals surface area contributed by atoms with Gasteiger partial charge in [-0.25, -0.2) is 0 Å². The molecule has 0 atom stereocenters. The highest BCUT2D eigenvalue weighted by atomic mass is 35.5. The number of halogens is 2. The molecule has 3 aromatic rings. The molecule has 8 heteroatoms. The van der Waals surface area contributed by atoms with Crippen molar-refractivity contribution in [3.05, 3.63) is 70.2 Å². The van der Waals surface area contributed by atoms with Crippen LogP contribution in [0.15, 0.2) is 54.6 Å². The van der Waals surface area contributed by atoms with E-state index in [4.69, 9.17) is 27.9 Å². The molecule has 0 spiro atoms. The Bertz CT molecular complexity index is 1070. The average Bonchev–Trinajstić information content (AvgIpc) is 2.80. The molecule has 0 aliphatic carbocycles. The SMILES string of the molecule is CCOc1ccccc1C(=O)N1CCN(c2ccc(-c3ccc(Cl)cc3Cl)nn2)CC1. The maximum Gasteiger partial charge on any atom is 0.257 e. The third-order valence-electron chi connectivity index (χ3n) is 5.17. The first kappa shape index (κ1) is 21.4. The molecule has 1 amide bonds. The summed E-state index contributed by atoms with van der Waals surface area (Å²) in [6.45, 7) is 5.00. The molecular weight excluding hydrogens is 435 g/mol. The molecule has 0 saturated carbocycles. The van der Waals surface area contributed by atoms with Crippen LogP contribution in [-0.4, -0.2) is 53.8 Å². The van der Waals surface area contributed by atoms with Crippen molar-refractivity contribution >= 4 is 34.9 Å². The Hall–Kier alpha value is -2.83. The number of hydrogen-bond donors (Lipinski definition) is 0. The number of aromatic nitrogens is 2. The summed E-state index contributed by atoms with van der Waals surface area (Å²) in [7, 11) is 0. The molecule has 31 heavy (non-hydrogen) atoms. The van der Waals surface area contributed by atoms with Gasteiger partial charge in [0.15, 0.2) is 5.82 Å².